The summed E-state index contributed by atoms with van der Waals surface area (Å²) in [5.41, 5.74) is 1.98. The van der Waals surface area contributed by atoms with Gasteiger partial charge in [0.15, 0.2) is 5.11 Å². The zero-order chi connectivity index (χ0) is 19.3. The number of carbonyl (C=O) groups excluding carboxylic acids is 1. The topological polar surface area (TPSA) is 73.4 Å². The second-order valence-electron chi connectivity index (χ2n) is 5.46. The number of carbonyl (C=O) groups is 1. The van der Waals surface area contributed by atoms with Gasteiger partial charge in [0.05, 0.1) is 0 Å². The summed E-state index contributed by atoms with van der Waals surface area (Å²) in [6, 6.07) is 13.3. The molecule has 5 nitrogen and oxygen atoms in total. The summed E-state index contributed by atoms with van der Waals surface area (Å²) in [4.78, 5) is 12.4. The molecule has 0 aliphatic rings. The number of alkyl halides is 3. The first kappa shape index (κ1) is 20.6. The van der Waals surface area contributed by atoms with Crippen molar-refractivity contribution in [2.24, 2.45) is 0 Å². The first-order valence-corrected chi connectivity index (χ1v) is 9.00. The van der Waals surface area contributed by atoms with Crippen LogP contribution in [0.2, 0.25) is 0 Å². The lowest BCUT2D eigenvalue weighted by Gasteiger charge is -2.27. The molecular formula is C17H16Cl3N3O2S. The van der Waals surface area contributed by atoms with E-state index in [4.69, 9.17) is 47.0 Å². The van der Waals surface area contributed by atoms with Crippen LogP contribution in [-0.4, -0.2) is 26.1 Å². The van der Waals surface area contributed by atoms with Crippen molar-refractivity contribution in [3.8, 4) is 5.75 Å². The van der Waals surface area contributed by atoms with E-state index in [9.17, 15) is 9.90 Å². The zero-order valence-corrected chi connectivity index (χ0v) is 16.7. The van der Waals surface area contributed by atoms with Crippen LogP contribution in [0.25, 0.3) is 0 Å². The Hall–Kier alpha value is -1.73. The molecule has 0 heterocycles. The van der Waals surface area contributed by atoms with E-state index in [1.165, 1.54) is 12.1 Å². The number of phenols is 1. The number of phenolic OH excluding ortho intramolecular Hbond substituents is 1. The van der Waals surface area contributed by atoms with Crippen molar-refractivity contribution in [2.45, 2.75) is 16.9 Å². The van der Waals surface area contributed by atoms with Gasteiger partial charge in [-0.1, -0.05) is 58.6 Å². The summed E-state index contributed by atoms with van der Waals surface area (Å²) in [7, 11) is 0. The number of thiocarbonyl (C=S) groups is 1. The summed E-state index contributed by atoms with van der Waals surface area (Å²) in [5, 5.41) is 17.8. The molecule has 0 aromatic heterocycles. The van der Waals surface area contributed by atoms with Gasteiger partial charge in [0, 0.05) is 17.3 Å². The molecule has 26 heavy (non-hydrogen) atoms. The monoisotopic (exact) mass is 431 g/mol. The molecular weight excluding hydrogens is 417 g/mol. The van der Waals surface area contributed by atoms with Crippen LogP contribution >= 0.6 is 47.0 Å². The number of hydrogen-bond acceptors (Lipinski definition) is 3. The average molecular weight is 433 g/mol. The van der Waals surface area contributed by atoms with Crippen molar-refractivity contribution >= 4 is 63.7 Å². The summed E-state index contributed by atoms with van der Waals surface area (Å²) in [6.45, 7) is 1.92. The van der Waals surface area contributed by atoms with E-state index < -0.39 is 15.9 Å². The molecule has 0 spiro atoms. The minimum atomic E-state index is -1.86. The van der Waals surface area contributed by atoms with E-state index in [0.29, 0.717) is 11.3 Å². The third-order valence-corrected chi connectivity index (χ3v) is 4.17. The van der Waals surface area contributed by atoms with Gasteiger partial charge in [-0.05, 0) is 43.4 Å². The van der Waals surface area contributed by atoms with Crippen molar-refractivity contribution in [3.05, 3.63) is 59.7 Å². The summed E-state index contributed by atoms with van der Waals surface area (Å²) in [5.74, 6) is -0.350. The lowest BCUT2D eigenvalue weighted by Crippen LogP contribution is -2.56. The lowest BCUT2D eigenvalue weighted by molar-refractivity contribution is 0.0934. The standard InChI is InChI=1S/C17H16Cl3N3O2S/c1-10-5-7-11(8-6-10)14(25)22-15(17(18,19)20)23-16(26)21-12-3-2-4-13(24)9-12/h2-9,15,24H,1H3,(H,22,25)(H2,21,23,26). The van der Waals surface area contributed by atoms with Crippen molar-refractivity contribution < 1.29 is 9.90 Å². The normalized spacial score (nSPS) is 12.2. The maximum absolute atomic E-state index is 12.4. The van der Waals surface area contributed by atoms with Crippen LogP contribution in [0.4, 0.5) is 5.69 Å². The molecule has 0 bridgehead atoms. The Morgan fingerprint density at radius 2 is 1.77 bits per heavy atom. The van der Waals surface area contributed by atoms with E-state index >= 15 is 0 Å². The Bertz CT molecular complexity index is 795. The number of rotatable bonds is 4. The van der Waals surface area contributed by atoms with E-state index in [0.717, 1.165) is 5.56 Å². The van der Waals surface area contributed by atoms with Crippen LogP contribution < -0.4 is 16.0 Å². The molecule has 9 heteroatoms. The van der Waals surface area contributed by atoms with Crippen LogP contribution in [0.3, 0.4) is 0 Å². The largest absolute Gasteiger partial charge is 0.508 e. The highest BCUT2D eigenvalue weighted by Crippen LogP contribution is 2.29. The first-order chi connectivity index (χ1) is 12.1. The van der Waals surface area contributed by atoms with Crippen LogP contribution in [-0.2, 0) is 0 Å². The number of aromatic hydroxyl groups is 1. The maximum Gasteiger partial charge on any atom is 0.252 e. The molecule has 2 rings (SSSR count). The molecule has 138 valence electrons. The minimum absolute atomic E-state index is 0.0726. The van der Waals surface area contributed by atoms with Gasteiger partial charge in [-0.2, -0.15) is 0 Å². The summed E-state index contributed by atoms with van der Waals surface area (Å²) < 4.78 is -1.86. The van der Waals surface area contributed by atoms with Gasteiger partial charge in [-0.15, -0.1) is 0 Å². The van der Waals surface area contributed by atoms with Gasteiger partial charge in [0.1, 0.15) is 11.9 Å². The van der Waals surface area contributed by atoms with Crippen molar-refractivity contribution in [1.82, 2.24) is 10.6 Å². The van der Waals surface area contributed by atoms with Gasteiger partial charge < -0.3 is 21.1 Å². The highest BCUT2D eigenvalue weighted by atomic mass is 35.6. The fourth-order valence-electron chi connectivity index (χ4n) is 2.00. The Morgan fingerprint density at radius 1 is 1.12 bits per heavy atom. The molecule has 0 saturated heterocycles. The smallest absolute Gasteiger partial charge is 0.252 e. The van der Waals surface area contributed by atoms with E-state index in [2.05, 4.69) is 16.0 Å². The highest BCUT2D eigenvalue weighted by molar-refractivity contribution is 7.80. The Balaban J connectivity index is 2.06. The molecule has 4 N–H and O–H groups in total. The molecule has 2 aromatic rings. The molecule has 0 saturated carbocycles. The fraction of sp³-hybridized carbons (Fsp3) is 0.176. The third kappa shape index (κ3) is 6.21. The Morgan fingerprint density at radius 3 is 2.35 bits per heavy atom. The third-order valence-electron chi connectivity index (χ3n) is 3.30. The molecule has 2 aromatic carbocycles. The number of aryl methyl sites for hydroxylation is 1. The van der Waals surface area contributed by atoms with Crippen LogP contribution in [0.5, 0.6) is 5.75 Å². The Kier molecular flexibility index (Phi) is 6.94. The van der Waals surface area contributed by atoms with Gasteiger partial charge >= 0.3 is 0 Å². The molecule has 0 aliphatic heterocycles. The van der Waals surface area contributed by atoms with Crippen molar-refractivity contribution in [2.75, 3.05) is 5.32 Å². The van der Waals surface area contributed by atoms with Gasteiger partial charge in [-0.25, -0.2) is 0 Å². The molecule has 0 fully saturated rings. The Labute approximate surface area is 171 Å². The summed E-state index contributed by atoms with van der Waals surface area (Å²) in [6.07, 6.45) is -1.08. The predicted octanol–water partition coefficient (Wildman–Crippen LogP) is 4.11. The molecule has 1 unspecified atom stereocenters. The lowest BCUT2D eigenvalue weighted by atomic mass is 10.1. The quantitative estimate of drug-likeness (QED) is 0.332. The van der Waals surface area contributed by atoms with Crippen molar-refractivity contribution in [1.29, 1.82) is 0 Å². The fourth-order valence-corrected chi connectivity index (χ4v) is 2.56. The maximum atomic E-state index is 12.4. The second kappa shape index (κ2) is 8.77. The van der Waals surface area contributed by atoms with Gasteiger partial charge in [0.25, 0.3) is 5.91 Å². The van der Waals surface area contributed by atoms with E-state index in [1.807, 2.05) is 6.92 Å². The molecule has 0 radical (unpaired) electrons. The van der Waals surface area contributed by atoms with Crippen molar-refractivity contribution in [3.63, 3.8) is 0 Å². The minimum Gasteiger partial charge on any atom is -0.508 e. The molecule has 1 atom stereocenters. The van der Waals surface area contributed by atoms with E-state index in [-0.39, 0.29) is 10.9 Å². The molecule has 1 amide bonds. The average Bonchev–Trinajstić information content (AvgIpc) is 2.53. The number of nitrogens with one attached hydrogen (secondary N) is 3. The van der Waals surface area contributed by atoms with Crippen LogP contribution in [0.1, 0.15) is 15.9 Å². The number of halogens is 3. The second-order valence-corrected chi connectivity index (χ2v) is 8.24. The number of amides is 1. The number of hydrogen-bond donors (Lipinski definition) is 4. The van der Waals surface area contributed by atoms with Crippen LogP contribution in [0.15, 0.2) is 48.5 Å². The van der Waals surface area contributed by atoms with Crippen LogP contribution in [0, 0.1) is 6.92 Å². The first-order valence-electron chi connectivity index (χ1n) is 7.46. The number of benzene rings is 2. The molecule has 0 aliphatic carbocycles. The van der Waals surface area contributed by atoms with Gasteiger partial charge in [0.2, 0.25) is 3.79 Å². The zero-order valence-electron chi connectivity index (χ0n) is 13.6. The predicted molar refractivity (Wildman–Crippen MR) is 110 cm³/mol. The summed E-state index contributed by atoms with van der Waals surface area (Å²) >= 11 is 23.0. The number of anilines is 1. The SMILES string of the molecule is Cc1ccc(C(=O)NC(NC(=S)Nc2cccc(O)c2)C(Cl)(Cl)Cl)cc1. The van der Waals surface area contributed by atoms with E-state index in [1.54, 1.807) is 36.4 Å². The van der Waals surface area contributed by atoms with Gasteiger partial charge in [-0.3, -0.25) is 4.79 Å². The highest BCUT2D eigenvalue weighted by Gasteiger charge is 2.34.